The molecule has 20 heavy (non-hydrogen) atoms. The van der Waals surface area contributed by atoms with Gasteiger partial charge in [0.15, 0.2) is 0 Å². The van der Waals surface area contributed by atoms with Crippen molar-refractivity contribution in [1.29, 1.82) is 0 Å². The highest BCUT2D eigenvalue weighted by Gasteiger charge is 2.51. The number of hydrogen-bond acceptors (Lipinski definition) is 2. The van der Waals surface area contributed by atoms with E-state index in [2.05, 4.69) is 31.1 Å². The molecule has 1 saturated carbocycles. The SMILES string of the molecule is CN(C)C(C(C)(C)O)C1(c2ccc(Cl)cc2)CCC1.Cl. The summed E-state index contributed by atoms with van der Waals surface area (Å²) in [5.74, 6) is 0. The normalized spacial score (nSPS) is 19.1. The summed E-state index contributed by atoms with van der Waals surface area (Å²) in [6, 6.07) is 8.24. The molecule has 114 valence electrons. The van der Waals surface area contributed by atoms with Gasteiger partial charge < -0.3 is 10.0 Å². The molecule has 1 aliphatic carbocycles. The van der Waals surface area contributed by atoms with Crippen molar-refractivity contribution in [3.63, 3.8) is 0 Å². The third kappa shape index (κ3) is 3.14. The van der Waals surface area contributed by atoms with Gasteiger partial charge >= 0.3 is 0 Å². The van der Waals surface area contributed by atoms with Crippen molar-refractivity contribution >= 4 is 24.0 Å². The lowest BCUT2D eigenvalue weighted by Crippen LogP contribution is -2.61. The lowest BCUT2D eigenvalue weighted by atomic mass is 9.56. The first-order valence-electron chi connectivity index (χ1n) is 6.92. The Bertz CT molecular complexity index is 433. The van der Waals surface area contributed by atoms with Crippen molar-refractivity contribution in [3.05, 3.63) is 34.9 Å². The lowest BCUT2D eigenvalue weighted by molar-refractivity contribution is -0.0620. The highest BCUT2D eigenvalue weighted by Crippen LogP contribution is 2.50. The topological polar surface area (TPSA) is 23.5 Å². The quantitative estimate of drug-likeness (QED) is 0.910. The van der Waals surface area contributed by atoms with Gasteiger partial charge in [0, 0.05) is 16.5 Å². The molecule has 1 aromatic carbocycles. The predicted molar refractivity (Wildman–Crippen MR) is 88.0 cm³/mol. The van der Waals surface area contributed by atoms with Crippen LogP contribution in [0.2, 0.25) is 5.02 Å². The summed E-state index contributed by atoms with van der Waals surface area (Å²) < 4.78 is 0. The molecule has 1 N–H and O–H groups in total. The van der Waals surface area contributed by atoms with E-state index < -0.39 is 5.60 Å². The molecule has 0 aliphatic heterocycles. The van der Waals surface area contributed by atoms with Crippen LogP contribution in [-0.2, 0) is 5.41 Å². The second-order valence-electron chi connectivity index (χ2n) is 6.54. The zero-order chi connectivity index (χ0) is 14.3. The molecule has 1 fully saturated rings. The van der Waals surface area contributed by atoms with Gasteiger partial charge in [0.1, 0.15) is 0 Å². The Morgan fingerprint density at radius 2 is 1.70 bits per heavy atom. The van der Waals surface area contributed by atoms with Crippen molar-refractivity contribution in [3.8, 4) is 0 Å². The fraction of sp³-hybridized carbons (Fsp3) is 0.625. The second kappa shape index (κ2) is 6.23. The minimum Gasteiger partial charge on any atom is -0.389 e. The number of rotatable bonds is 4. The fourth-order valence-electron chi connectivity index (χ4n) is 3.86. The minimum absolute atomic E-state index is 0. The predicted octanol–water partition coefficient (Wildman–Crippen LogP) is 3.88. The van der Waals surface area contributed by atoms with Crippen LogP contribution in [0.4, 0.5) is 0 Å². The van der Waals surface area contributed by atoms with E-state index in [1.165, 1.54) is 12.0 Å². The Morgan fingerprint density at radius 1 is 1.20 bits per heavy atom. The molecule has 1 aromatic rings. The third-order valence-electron chi connectivity index (χ3n) is 4.37. The highest BCUT2D eigenvalue weighted by molar-refractivity contribution is 6.30. The van der Waals surface area contributed by atoms with Gasteiger partial charge in [-0.2, -0.15) is 0 Å². The summed E-state index contributed by atoms with van der Waals surface area (Å²) in [7, 11) is 4.11. The number of nitrogens with zero attached hydrogens (tertiary/aromatic N) is 1. The Labute approximate surface area is 133 Å². The maximum Gasteiger partial charge on any atom is 0.0754 e. The Balaban J connectivity index is 0.00000200. The van der Waals surface area contributed by atoms with Gasteiger partial charge in [-0.05, 0) is 58.5 Å². The van der Waals surface area contributed by atoms with Crippen molar-refractivity contribution < 1.29 is 5.11 Å². The van der Waals surface area contributed by atoms with Crippen LogP contribution in [0.1, 0.15) is 38.7 Å². The van der Waals surface area contributed by atoms with E-state index in [1.807, 2.05) is 26.0 Å². The van der Waals surface area contributed by atoms with E-state index in [1.54, 1.807) is 0 Å². The van der Waals surface area contributed by atoms with Crippen molar-refractivity contribution in [2.24, 2.45) is 0 Å². The average Bonchev–Trinajstić information content (AvgIpc) is 2.22. The molecule has 0 saturated heterocycles. The molecular weight excluding hydrogens is 293 g/mol. The van der Waals surface area contributed by atoms with Crippen molar-refractivity contribution in [2.75, 3.05) is 14.1 Å². The molecule has 2 rings (SSSR count). The molecular formula is C16H25Cl2NO. The lowest BCUT2D eigenvalue weighted by Gasteiger charge is -2.54. The van der Waals surface area contributed by atoms with Crippen LogP contribution < -0.4 is 0 Å². The van der Waals surface area contributed by atoms with Crippen LogP contribution in [0, 0.1) is 0 Å². The molecule has 1 aliphatic rings. The number of likely N-dealkylation sites (N-methyl/N-ethyl adjacent to an activating group) is 1. The molecule has 0 aromatic heterocycles. The smallest absolute Gasteiger partial charge is 0.0754 e. The number of benzene rings is 1. The van der Waals surface area contributed by atoms with Crippen LogP contribution in [-0.4, -0.2) is 35.7 Å². The maximum absolute atomic E-state index is 10.6. The number of aliphatic hydroxyl groups is 1. The summed E-state index contributed by atoms with van der Waals surface area (Å²) in [6.45, 7) is 3.82. The van der Waals surface area contributed by atoms with E-state index >= 15 is 0 Å². The Kier molecular flexibility index (Phi) is 5.53. The molecule has 1 unspecified atom stereocenters. The van der Waals surface area contributed by atoms with E-state index in [-0.39, 0.29) is 23.9 Å². The first-order chi connectivity index (χ1) is 8.77. The van der Waals surface area contributed by atoms with Crippen LogP contribution in [0.5, 0.6) is 0 Å². The largest absolute Gasteiger partial charge is 0.389 e. The van der Waals surface area contributed by atoms with Gasteiger partial charge in [0.05, 0.1) is 5.60 Å². The van der Waals surface area contributed by atoms with Gasteiger partial charge in [-0.3, -0.25) is 0 Å². The van der Waals surface area contributed by atoms with Crippen molar-refractivity contribution in [1.82, 2.24) is 4.90 Å². The van der Waals surface area contributed by atoms with Crippen LogP contribution >= 0.6 is 24.0 Å². The summed E-state index contributed by atoms with van der Waals surface area (Å²) in [6.07, 6.45) is 3.48. The van der Waals surface area contributed by atoms with Crippen LogP contribution in [0.3, 0.4) is 0 Å². The number of hydrogen-bond donors (Lipinski definition) is 1. The van der Waals surface area contributed by atoms with Crippen LogP contribution in [0.25, 0.3) is 0 Å². The molecule has 4 heteroatoms. The van der Waals surface area contributed by atoms with Crippen LogP contribution in [0.15, 0.2) is 24.3 Å². The van der Waals surface area contributed by atoms with E-state index in [9.17, 15) is 5.11 Å². The monoisotopic (exact) mass is 317 g/mol. The third-order valence-corrected chi connectivity index (χ3v) is 4.63. The van der Waals surface area contributed by atoms with Gasteiger partial charge in [-0.1, -0.05) is 30.2 Å². The first-order valence-corrected chi connectivity index (χ1v) is 7.30. The van der Waals surface area contributed by atoms with Crippen molar-refractivity contribution in [2.45, 2.75) is 50.2 Å². The molecule has 0 radical (unpaired) electrons. The highest BCUT2D eigenvalue weighted by atomic mass is 35.5. The standard InChI is InChI=1S/C16H24ClNO.ClH/c1-15(2,19)14(18(3)4)16(10-5-11-16)12-6-8-13(17)9-7-12;/h6-9,14,19H,5,10-11H2,1-4H3;1H. The zero-order valence-corrected chi connectivity index (χ0v) is 14.3. The molecule has 0 bridgehead atoms. The zero-order valence-electron chi connectivity index (χ0n) is 12.7. The molecule has 0 heterocycles. The summed E-state index contributed by atoms with van der Waals surface area (Å²) >= 11 is 6.00. The second-order valence-corrected chi connectivity index (χ2v) is 6.97. The molecule has 0 spiro atoms. The summed E-state index contributed by atoms with van der Waals surface area (Å²) in [5.41, 5.74) is 0.611. The van der Waals surface area contributed by atoms with E-state index in [0.717, 1.165) is 17.9 Å². The summed E-state index contributed by atoms with van der Waals surface area (Å²) in [5, 5.41) is 11.4. The van der Waals surface area contributed by atoms with Gasteiger partial charge in [-0.25, -0.2) is 0 Å². The molecule has 1 atom stereocenters. The first kappa shape index (κ1) is 17.8. The minimum atomic E-state index is -0.733. The number of halogens is 2. The van der Waals surface area contributed by atoms with Gasteiger partial charge in [0.25, 0.3) is 0 Å². The van der Waals surface area contributed by atoms with Gasteiger partial charge in [-0.15, -0.1) is 12.4 Å². The molecule has 2 nitrogen and oxygen atoms in total. The van der Waals surface area contributed by atoms with Gasteiger partial charge in [0.2, 0.25) is 0 Å². The van der Waals surface area contributed by atoms with E-state index in [4.69, 9.17) is 11.6 Å². The fourth-order valence-corrected chi connectivity index (χ4v) is 3.99. The Morgan fingerprint density at radius 3 is 2.00 bits per heavy atom. The average molecular weight is 318 g/mol. The maximum atomic E-state index is 10.6. The van der Waals surface area contributed by atoms with E-state index in [0.29, 0.717) is 0 Å². The molecule has 0 amide bonds. The summed E-state index contributed by atoms with van der Waals surface area (Å²) in [4.78, 5) is 2.16. The Hall–Kier alpha value is -0.280.